The Morgan fingerprint density at radius 1 is 1.15 bits per heavy atom. The fourth-order valence-corrected chi connectivity index (χ4v) is 2.62. The molecule has 1 fully saturated rings. The predicted molar refractivity (Wildman–Crippen MR) is 84.4 cm³/mol. The number of anilines is 2. The third-order valence-electron chi connectivity index (χ3n) is 3.96. The highest BCUT2D eigenvalue weighted by Crippen LogP contribution is 2.18. The second kappa shape index (κ2) is 8.04. The van der Waals surface area contributed by atoms with E-state index in [1.54, 1.807) is 6.33 Å². The van der Waals surface area contributed by atoms with Crippen LogP contribution in [0.3, 0.4) is 0 Å². The van der Waals surface area contributed by atoms with Crippen LogP contribution in [0.2, 0.25) is 0 Å². The zero-order valence-electron chi connectivity index (χ0n) is 12.8. The molecule has 2 rings (SSSR count). The molecule has 1 aliphatic rings. The molecule has 0 radical (unpaired) electrons. The summed E-state index contributed by atoms with van der Waals surface area (Å²) in [6, 6.07) is 2.08. The van der Waals surface area contributed by atoms with Crippen molar-refractivity contribution in [3.05, 3.63) is 12.4 Å². The van der Waals surface area contributed by atoms with Crippen molar-refractivity contribution >= 4 is 11.6 Å². The Morgan fingerprint density at radius 3 is 2.60 bits per heavy atom. The third kappa shape index (κ3) is 4.34. The van der Waals surface area contributed by atoms with Gasteiger partial charge in [-0.25, -0.2) is 9.97 Å². The van der Waals surface area contributed by atoms with Crippen molar-refractivity contribution in [1.82, 2.24) is 14.9 Å². The maximum atomic E-state index is 4.40. The third-order valence-corrected chi connectivity index (χ3v) is 3.96. The highest BCUT2D eigenvalue weighted by Gasteiger charge is 2.12. The predicted octanol–water partition coefficient (Wildman–Crippen LogP) is 2.22. The Kier molecular flexibility index (Phi) is 6.05. The molecule has 0 bridgehead atoms. The van der Waals surface area contributed by atoms with Crippen LogP contribution in [0.25, 0.3) is 0 Å². The van der Waals surface area contributed by atoms with E-state index in [0.717, 1.165) is 50.9 Å². The summed E-state index contributed by atoms with van der Waals surface area (Å²) in [5, 5.41) is 3.40. The van der Waals surface area contributed by atoms with Crippen LogP contribution in [0.1, 0.15) is 33.1 Å². The number of nitrogens with one attached hydrogen (secondary N) is 1. The van der Waals surface area contributed by atoms with E-state index in [2.05, 4.69) is 45.0 Å². The topological polar surface area (TPSA) is 44.3 Å². The number of likely N-dealkylation sites (N-methyl/N-ethyl adjacent to an activating group) is 1. The van der Waals surface area contributed by atoms with Crippen molar-refractivity contribution in [1.29, 1.82) is 0 Å². The maximum Gasteiger partial charge on any atom is 0.134 e. The van der Waals surface area contributed by atoms with Crippen molar-refractivity contribution in [2.75, 3.05) is 49.5 Å². The smallest absolute Gasteiger partial charge is 0.134 e. The first-order valence-electron chi connectivity index (χ1n) is 7.86. The first-order chi connectivity index (χ1) is 9.83. The van der Waals surface area contributed by atoms with Gasteiger partial charge >= 0.3 is 0 Å². The minimum atomic E-state index is 0.929. The summed E-state index contributed by atoms with van der Waals surface area (Å²) in [5.41, 5.74) is 0. The molecule has 0 unspecified atom stereocenters. The van der Waals surface area contributed by atoms with E-state index < -0.39 is 0 Å². The molecule has 1 saturated heterocycles. The SMILES string of the molecule is CCN(CC)CCNc1cc(N2CCCCC2)ncn1. The maximum absolute atomic E-state index is 4.40. The highest BCUT2D eigenvalue weighted by molar-refractivity contribution is 5.48. The molecule has 0 amide bonds. The summed E-state index contributed by atoms with van der Waals surface area (Å²) in [7, 11) is 0. The molecule has 1 aliphatic heterocycles. The van der Waals surface area contributed by atoms with Gasteiger partial charge in [0.05, 0.1) is 0 Å². The van der Waals surface area contributed by atoms with Crippen LogP contribution in [0, 0.1) is 0 Å². The van der Waals surface area contributed by atoms with E-state index in [1.807, 2.05) is 0 Å². The lowest BCUT2D eigenvalue weighted by Gasteiger charge is -2.27. The standard InChI is InChI=1S/C15H27N5/c1-3-19(4-2)11-8-16-14-12-15(18-13-17-14)20-9-6-5-7-10-20/h12-13H,3-11H2,1-2H3,(H,16,17,18). The number of aromatic nitrogens is 2. The van der Waals surface area contributed by atoms with E-state index in [4.69, 9.17) is 0 Å². The van der Waals surface area contributed by atoms with E-state index in [9.17, 15) is 0 Å². The largest absolute Gasteiger partial charge is 0.369 e. The van der Waals surface area contributed by atoms with Crippen LogP contribution in [0.5, 0.6) is 0 Å². The molecule has 2 heterocycles. The number of nitrogens with zero attached hydrogens (tertiary/aromatic N) is 4. The highest BCUT2D eigenvalue weighted by atomic mass is 15.2. The lowest BCUT2D eigenvalue weighted by Crippen LogP contribution is -2.30. The Morgan fingerprint density at radius 2 is 1.90 bits per heavy atom. The first kappa shape index (κ1) is 15.0. The van der Waals surface area contributed by atoms with Gasteiger partial charge in [-0.3, -0.25) is 0 Å². The lowest BCUT2D eigenvalue weighted by molar-refractivity contribution is 0.316. The summed E-state index contributed by atoms with van der Waals surface area (Å²) >= 11 is 0. The molecule has 1 aromatic heterocycles. The summed E-state index contributed by atoms with van der Waals surface area (Å²) in [6.07, 6.45) is 5.56. The monoisotopic (exact) mass is 277 g/mol. The average Bonchev–Trinajstić information content (AvgIpc) is 2.53. The Balaban J connectivity index is 1.85. The second-order valence-corrected chi connectivity index (χ2v) is 5.26. The molecule has 0 atom stereocenters. The van der Waals surface area contributed by atoms with Gasteiger partial charge in [0.15, 0.2) is 0 Å². The van der Waals surface area contributed by atoms with Crippen LogP contribution in [-0.4, -0.2) is 54.1 Å². The Labute approximate surface area is 122 Å². The van der Waals surface area contributed by atoms with Crippen molar-refractivity contribution in [2.45, 2.75) is 33.1 Å². The van der Waals surface area contributed by atoms with Gasteiger partial charge in [-0.15, -0.1) is 0 Å². The minimum absolute atomic E-state index is 0.929. The molecule has 1 aromatic rings. The molecule has 1 N–H and O–H groups in total. The van der Waals surface area contributed by atoms with Crippen molar-refractivity contribution in [3.63, 3.8) is 0 Å². The van der Waals surface area contributed by atoms with Crippen molar-refractivity contribution in [2.24, 2.45) is 0 Å². The lowest BCUT2D eigenvalue weighted by atomic mass is 10.1. The first-order valence-corrected chi connectivity index (χ1v) is 7.86. The fourth-order valence-electron chi connectivity index (χ4n) is 2.62. The molecular weight excluding hydrogens is 250 g/mol. The van der Waals surface area contributed by atoms with Gasteiger partial charge in [-0.2, -0.15) is 0 Å². The molecule has 0 aromatic carbocycles. The zero-order valence-corrected chi connectivity index (χ0v) is 12.8. The molecule has 0 saturated carbocycles. The van der Waals surface area contributed by atoms with Gasteiger partial charge < -0.3 is 15.1 Å². The second-order valence-electron chi connectivity index (χ2n) is 5.26. The molecule has 112 valence electrons. The summed E-state index contributed by atoms with van der Waals surface area (Å²) in [6.45, 7) is 10.8. The van der Waals surface area contributed by atoms with E-state index in [0.29, 0.717) is 0 Å². The summed E-state index contributed by atoms with van der Waals surface area (Å²) in [5.74, 6) is 2.00. The summed E-state index contributed by atoms with van der Waals surface area (Å²) < 4.78 is 0. The quantitative estimate of drug-likeness (QED) is 0.828. The fraction of sp³-hybridized carbons (Fsp3) is 0.733. The number of rotatable bonds is 7. The number of piperidine rings is 1. The molecular formula is C15H27N5. The number of hydrogen-bond acceptors (Lipinski definition) is 5. The van der Waals surface area contributed by atoms with Crippen LogP contribution >= 0.6 is 0 Å². The van der Waals surface area contributed by atoms with E-state index in [-0.39, 0.29) is 0 Å². The van der Waals surface area contributed by atoms with Crippen molar-refractivity contribution in [3.8, 4) is 0 Å². The average molecular weight is 277 g/mol. The minimum Gasteiger partial charge on any atom is -0.369 e. The normalized spacial score (nSPS) is 15.7. The van der Waals surface area contributed by atoms with Crippen LogP contribution in [0.15, 0.2) is 12.4 Å². The zero-order chi connectivity index (χ0) is 14.2. The van der Waals surface area contributed by atoms with Gasteiger partial charge in [0, 0.05) is 32.2 Å². The van der Waals surface area contributed by atoms with E-state index in [1.165, 1.54) is 19.3 Å². The van der Waals surface area contributed by atoms with Crippen LogP contribution in [0.4, 0.5) is 11.6 Å². The molecule has 0 spiro atoms. The van der Waals surface area contributed by atoms with Gasteiger partial charge in [-0.05, 0) is 32.4 Å². The molecule has 5 heteroatoms. The van der Waals surface area contributed by atoms with Crippen molar-refractivity contribution < 1.29 is 0 Å². The van der Waals surface area contributed by atoms with Crippen LogP contribution < -0.4 is 10.2 Å². The van der Waals surface area contributed by atoms with Gasteiger partial charge in [0.1, 0.15) is 18.0 Å². The molecule has 5 nitrogen and oxygen atoms in total. The summed E-state index contributed by atoms with van der Waals surface area (Å²) in [4.78, 5) is 13.5. The van der Waals surface area contributed by atoms with Crippen LogP contribution in [-0.2, 0) is 0 Å². The molecule has 20 heavy (non-hydrogen) atoms. The van der Waals surface area contributed by atoms with Gasteiger partial charge in [0.25, 0.3) is 0 Å². The van der Waals surface area contributed by atoms with E-state index >= 15 is 0 Å². The number of hydrogen-bond donors (Lipinski definition) is 1. The molecule has 0 aliphatic carbocycles. The Hall–Kier alpha value is -1.36. The van der Waals surface area contributed by atoms with Gasteiger partial charge in [-0.1, -0.05) is 13.8 Å². The Bertz CT molecular complexity index is 386. The van der Waals surface area contributed by atoms with Gasteiger partial charge in [0.2, 0.25) is 0 Å².